The zero-order valence-electron chi connectivity index (χ0n) is 8.99. The van der Waals surface area contributed by atoms with Crippen LogP contribution >= 0.6 is 0 Å². The largest absolute Gasteiger partial charge is 0.492 e. The van der Waals surface area contributed by atoms with E-state index in [4.69, 9.17) is 15.6 Å². The van der Waals surface area contributed by atoms with Crippen LogP contribution in [0, 0.1) is 0 Å². The van der Waals surface area contributed by atoms with Gasteiger partial charge in [0, 0.05) is 24.9 Å². The maximum Gasteiger partial charge on any atom is 0.144 e. The molecule has 1 aromatic rings. The Morgan fingerprint density at radius 1 is 1.47 bits per heavy atom. The summed E-state index contributed by atoms with van der Waals surface area (Å²) in [5.41, 5.74) is 7.34. The highest BCUT2D eigenvalue weighted by molar-refractivity contribution is 5.61. The molecule has 0 amide bonds. The lowest BCUT2D eigenvalue weighted by Crippen LogP contribution is -2.04. The summed E-state index contributed by atoms with van der Waals surface area (Å²) in [7, 11) is 0. The van der Waals surface area contributed by atoms with E-state index in [1.807, 2.05) is 25.1 Å². The fraction of sp³-hybridized carbons (Fsp3) is 0.455. The molecule has 0 aliphatic heterocycles. The van der Waals surface area contributed by atoms with Gasteiger partial charge in [-0.25, -0.2) is 0 Å². The number of nitrogens with one attached hydrogen (secondary N) is 1. The first-order valence-corrected chi connectivity index (χ1v) is 5.15. The van der Waals surface area contributed by atoms with E-state index in [1.54, 1.807) is 0 Å². The Morgan fingerprint density at radius 3 is 2.93 bits per heavy atom. The van der Waals surface area contributed by atoms with Crippen molar-refractivity contribution in [3.8, 4) is 5.75 Å². The van der Waals surface area contributed by atoms with Crippen molar-refractivity contribution >= 4 is 11.4 Å². The van der Waals surface area contributed by atoms with Gasteiger partial charge in [-0.3, -0.25) is 0 Å². The first-order chi connectivity index (χ1) is 7.27. The summed E-state index contributed by atoms with van der Waals surface area (Å²) in [6, 6.07) is 5.58. The van der Waals surface area contributed by atoms with Crippen molar-refractivity contribution in [2.24, 2.45) is 0 Å². The van der Waals surface area contributed by atoms with Gasteiger partial charge < -0.3 is 20.9 Å². The molecule has 0 unspecified atom stereocenters. The molecule has 0 aromatic heterocycles. The predicted octanol–water partition coefficient (Wildman–Crippen LogP) is 1.46. The van der Waals surface area contributed by atoms with Gasteiger partial charge in [-0.15, -0.1) is 0 Å². The molecule has 0 radical (unpaired) electrons. The first kappa shape index (κ1) is 11.7. The summed E-state index contributed by atoms with van der Waals surface area (Å²) in [5, 5.41) is 11.8. The predicted molar refractivity (Wildman–Crippen MR) is 62.2 cm³/mol. The summed E-state index contributed by atoms with van der Waals surface area (Å²) < 4.78 is 5.37. The van der Waals surface area contributed by atoms with Crippen LogP contribution in [0.15, 0.2) is 18.2 Å². The SMILES string of the molecule is CCOc1cc(NCCCO)ccc1N. The lowest BCUT2D eigenvalue weighted by Gasteiger charge is -2.10. The van der Waals surface area contributed by atoms with E-state index in [0.29, 0.717) is 18.0 Å². The fourth-order valence-electron chi connectivity index (χ4n) is 1.24. The molecule has 1 aromatic carbocycles. The molecule has 15 heavy (non-hydrogen) atoms. The van der Waals surface area contributed by atoms with Crippen molar-refractivity contribution in [1.82, 2.24) is 0 Å². The summed E-state index contributed by atoms with van der Waals surface area (Å²) in [5.74, 6) is 0.700. The van der Waals surface area contributed by atoms with E-state index in [0.717, 1.165) is 18.7 Å². The molecule has 0 saturated heterocycles. The van der Waals surface area contributed by atoms with Gasteiger partial charge in [-0.2, -0.15) is 0 Å². The van der Waals surface area contributed by atoms with Crippen LogP contribution in [0.2, 0.25) is 0 Å². The topological polar surface area (TPSA) is 67.5 Å². The second kappa shape index (κ2) is 6.14. The highest BCUT2D eigenvalue weighted by Crippen LogP contribution is 2.25. The molecular weight excluding hydrogens is 192 g/mol. The number of rotatable bonds is 6. The molecule has 0 fully saturated rings. The Balaban J connectivity index is 2.61. The molecule has 4 N–H and O–H groups in total. The van der Waals surface area contributed by atoms with Crippen molar-refractivity contribution < 1.29 is 9.84 Å². The highest BCUT2D eigenvalue weighted by Gasteiger charge is 2.00. The standard InChI is InChI=1S/C11H18N2O2/c1-2-15-11-8-9(4-5-10(11)12)13-6-3-7-14/h4-5,8,13-14H,2-3,6-7,12H2,1H3. The van der Waals surface area contributed by atoms with Crippen LogP contribution in [0.3, 0.4) is 0 Å². The Morgan fingerprint density at radius 2 is 2.27 bits per heavy atom. The maximum absolute atomic E-state index is 8.64. The zero-order chi connectivity index (χ0) is 11.1. The molecule has 4 nitrogen and oxygen atoms in total. The van der Waals surface area contributed by atoms with Crippen LogP contribution in [-0.2, 0) is 0 Å². The van der Waals surface area contributed by atoms with Crippen LogP contribution < -0.4 is 15.8 Å². The Bertz CT molecular complexity index is 303. The monoisotopic (exact) mass is 210 g/mol. The van der Waals surface area contributed by atoms with Crippen molar-refractivity contribution in [2.75, 3.05) is 30.8 Å². The van der Waals surface area contributed by atoms with Gasteiger partial charge >= 0.3 is 0 Å². The van der Waals surface area contributed by atoms with E-state index < -0.39 is 0 Å². The van der Waals surface area contributed by atoms with Gasteiger partial charge in [0.15, 0.2) is 0 Å². The molecule has 0 heterocycles. The normalized spacial score (nSPS) is 10.0. The Kier molecular flexibility index (Phi) is 4.77. The number of hydrogen-bond donors (Lipinski definition) is 3. The van der Waals surface area contributed by atoms with Crippen molar-refractivity contribution in [3.63, 3.8) is 0 Å². The third-order valence-corrected chi connectivity index (χ3v) is 1.98. The van der Waals surface area contributed by atoms with Gasteiger partial charge in [0.25, 0.3) is 0 Å². The van der Waals surface area contributed by atoms with Gasteiger partial charge in [0.05, 0.1) is 12.3 Å². The summed E-state index contributed by atoms with van der Waals surface area (Å²) in [6.45, 7) is 3.46. The van der Waals surface area contributed by atoms with E-state index in [-0.39, 0.29) is 6.61 Å². The number of aliphatic hydroxyl groups excluding tert-OH is 1. The smallest absolute Gasteiger partial charge is 0.144 e. The second-order valence-corrected chi connectivity index (χ2v) is 3.19. The Labute approximate surface area is 90.1 Å². The quantitative estimate of drug-likeness (QED) is 0.491. The lowest BCUT2D eigenvalue weighted by atomic mass is 10.2. The second-order valence-electron chi connectivity index (χ2n) is 3.19. The minimum atomic E-state index is 0.195. The summed E-state index contributed by atoms with van der Waals surface area (Å²) in [4.78, 5) is 0. The van der Waals surface area contributed by atoms with E-state index >= 15 is 0 Å². The number of aliphatic hydroxyl groups is 1. The minimum Gasteiger partial charge on any atom is -0.492 e. The van der Waals surface area contributed by atoms with Gasteiger partial charge in [-0.05, 0) is 25.5 Å². The van der Waals surface area contributed by atoms with Crippen molar-refractivity contribution in [3.05, 3.63) is 18.2 Å². The highest BCUT2D eigenvalue weighted by atomic mass is 16.5. The van der Waals surface area contributed by atoms with Crippen LogP contribution in [0.1, 0.15) is 13.3 Å². The van der Waals surface area contributed by atoms with Crippen molar-refractivity contribution in [1.29, 1.82) is 0 Å². The first-order valence-electron chi connectivity index (χ1n) is 5.15. The number of nitrogen functional groups attached to an aromatic ring is 1. The molecule has 1 rings (SSSR count). The molecule has 0 atom stereocenters. The number of nitrogens with two attached hydrogens (primary N) is 1. The van der Waals surface area contributed by atoms with Crippen molar-refractivity contribution in [2.45, 2.75) is 13.3 Å². The number of ether oxygens (including phenoxy) is 1. The van der Waals surface area contributed by atoms with Crippen LogP contribution in [0.4, 0.5) is 11.4 Å². The van der Waals surface area contributed by atoms with Gasteiger partial charge in [-0.1, -0.05) is 0 Å². The van der Waals surface area contributed by atoms with Gasteiger partial charge in [0.2, 0.25) is 0 Å². The average Bonchev–Trinajstić information content (AvgIpc) is 2.23. The third kappa shape index (κ3) is 3.67. The number of anilines is 2. The maximum atomic E-state index is 8.64. The molecule has 0 spiro atoms. The molecule has 0 saturated carbocycles. The fourth-order valence-corrected chi connectivity index (χ4v) is 1.24. The molecule has 0 bridgehead atoms. The molecule has 84 valence electrons. The van der Waals surface area contributed by atoms with E-state index in [1.165, 1.54) is 0 Å². The average molecular weight is 210 g/mol. The van der Waals surface area contributed by atoms with Crippen LogP contribution in [0.5, 0.6) is 5.75 Å². The molecule has 0 aliphatic carbocycles. The van der Waals surface area contributed by atoms with Gasteiger partial charge in [0.1, 0.15) is 5.75 Å². The van der Waals surface area contributed by atoms with E-state index in [9.17, 15) is 0 Å². The number of benzene rings is 1. The molecule has 0 aliphatic rings. The third-order valence-electron chi connectivity index (χ3n) is 1.98. The minimum absolute atomic E-state index is 0.195. The van der Waals surface area contributed by atoms with Crippen LogP contribution in [-0.4, -0.2) is 24.9 Å². The zero-order valence-corrected chi connectivity index (χ0v) is 8.99. The molecule has 4 heteroatoms. The summed E-state index contributed by atoms with van der Waals surface area (Å²) in [6.07, 6.45) is 0.731. The van der Waals surface area contributed by atoms with E-state index in [2.05, 4.69) is 5.32 Å². The van der Waals surface area contributed by atoms with Crippen LogP contribution in [0.25, 0.3) is 0 Å². The lowest BCUT2D eigenvalue weighted by molar-refractivity contribution is 0.292. The Hall–Kier alpha value is -1.42. The summed E-state index contributed by atoms with van der Waals surface area (Å²) >= 11 is 0. The number of hydrogen-bond acceptors (Lipinski definition) is 4. The molecular formula is C11H18N2O2.